The van der Waals surface area contributed by atoms with E-state index in [0.717, 1.165) is 29.8 Å². The Balaban J connectivity index is 1.42. The lowest BCUT2D eigenvalue weighted by Crippen LogP contribution is -2.38. The van der Waals surface area contributed by atoms with Gasteiger partial charge in [0.1, 0.15) is 5.75 Å². The molecule has 176 valence electrons. The second kappa shape index (κ2) is 9.42. The first-order valence-corrected chi connectivity index (χ1v) is 11.3. The number of fused-ring (bicyclic) bond motifs is 2. The Morgan fingerprint density at radius 3 is 2.49 bits per heavy atom. The van der Waals surface area contributed by atoms with Crippen LogP contribution in [0.2, 0.25) is 0 Å². The highest BCUT2D eigenvalue weighted by Crippen LogP contribution is 2.30. The van der Waals surface area contributed by atoms with Gasteiger partial charge in [-0.1, -0.05) is 36.4 Å². The zero-order chi connectivity index (χ0) is 24.4. The smallest absolute Gasteiger partial charge is 0.359 e. The average molecular weight is 469 g/mol. The highest BCUT2D eigenvalue weighted by atomic mass is 16.5. The molecular formula is C27H23N3O5. The van der Waals surface area contributed by atoms with Gasteiger partial charge in [0.25, 0.3) is 11.5 Å². The summed E-state index contributed by atoms with van der Waals surface area (Å²) in [7, 11) is 1.60. The van der Waals surface area contributed by atoms with E-state index in [2.05, 4.69) is 5.10 Å². The first kappa shape index (κ1) is 22.3. The molecule has 0 saturated carbocycles. The maximum absolute atomic E-state index is 13.1. The number of esters is 1. The van der Waals surface area contributed by atoms with Crippen LogP contribution in [-0.2, 0) is 16.0 Å². The van der Waals surface area contributed by atoms with Crippen molar-refractivity contribution >= 4 is 28.3 Å². The third kappa shape index (κ3) is 4.26. The fourth-order valence-electron chi connectivity index (χ4n) is 4.32. The topological polar surface area (TPSA) is 90.7 Å². The van der Waals surface area contributed by atoms with Crippen LogP contribution in [0.15, 0.2) is 77.6 Å². The van der Waals surface area contributed by atoms with E-state index in [1.54, 1.807) is 66.6 Å². The summed E-state index contributed by atoms with van der Waals surface area (Å²) in [6, 6.07) is 21.1. The van der Waals surface area contributed by atoms with Crippen molar-refractivity contribution in [2.45, 2.75) is 12.8 Å². The first-order chi connectivity index (χ1) is 17.1. The molecule has 8 heteroatoms. The largest absolute Gasteiger partial charge is 0.497 e. The third-order valence-corrected chi connectivity index (χ3v) is 6.03. The van der Waals surface area contributed by atoms with Gasteiger partial charge in [0.15, 0.2) is 12.3 Å². The van der Waals surface area contributed by atoms with Gasteiger partial charge in [-0.2, -0.15) is 9.78 Å². The summed E-state index contributed by atoms with van der Waals surface area (Å²) in [6.07, 6.45) is 1.64. The molecule has 3 aromatic carbocycles. The van der Waals surface area contributed by atoms with Crippen LogP contribution >= 0.6 is 0 Å². The summed E-state index contributed by atoms with van der Waals surface area (Å²) in [4.78, 5) is 40.7. The van der Waals surface area contributed by atoms with Gasteiger partial charge in [-0.15, -0.1) is 0 Å². The van der Waals surface area contributed by atoms with Crippen LogP contribution < -0.4 is 15.2 Å². The number of aromatic nitrogens is 2. The van der Waals surface area contributed by atoms with E-state index >= 15 is 0 Å². The molecule has 0 bridgehead atoms. The average Bonchev–Trinajstić information content (AvgIpc) is 2.91. The van der Waals surface area contributed by atoms with Crippen molar-refractivity contribution in [2.75, 3.05) is 25.2 Å². The molecule has 0 unspecified atom stereocenters. The van der Waals surface area contributed by atoms with Crippen LogP contribution in [0.4, 0.5) is 5.69 Å². The Kier molecular flexibility index (Phi) is 6.01. The van der Waals surface area contributed by atoms with E-state index in [4.69, 9.17) is 9.47 Å². The first-order valence-electron chi connectivity index (χ1n) is 11.3. The summed E-state index contributed by atoms with van der Waals surface area (Å²) in [5.41, 5.74) is 1.95. The standard InChI is InChI=1S/C27H23N3O5/c1-34-20-13-14-23-18(16-20)8-7-15-29(23)24(31)17-35-27(33)25-21-11-5-6-12-22(21)26(32)30(28-25)19-9-3-2-4-10-19/h2-6,9-14,16H,7-8,15,17H2,1H3. The molecule has 0 spiro atoms. The third-order valence-electron chi connectivity index (χ3n) is 6.03. The summed E-state index contributed by atoms with van der Waals surface area (Å²) < 4.78 is 11.9. The van der Waals surface area contributed by atoms with Gasteiger partial charge in [-0.3, -0.25) is 9.59 Å². The van der Waals surface area contributed by atoms with Gasteiger partial charge >= 0.3 is 5.97 Å². The van der Waals surface area contributed by atoms with Crippen molar-refractivity contribution in [1.29, 1.82) is 0 Å². The molecule has 1 amide bonds. The van der Waals surface area contributed by atoms with E-state index in [9.17, 15) is 14.4 Å². The zero-order valence-corrected chi connectivity index (χ0v) is 19.1. The normalized spacial score (nSPS) is 12.8. The Hall–Kier alpha value is -4.46. The molecule has 0 N–H and O–H groups in total. The molecule has 0 saturated heterocycles. The monoisotopic (exact) mass is 469 g/mol. The van der Waals surface area contributed by atoms with E-state index in [1.165, 1.54) is 4.68 Å². The van der Waals surface area contributed by atoms with E-state index in [-0.39, 0.29) is 17.2 Å². The van der Waals surface area contributed by atoms with Crippen LogP contribution in [0.25, 0.3) is 16.5 Å². The minimum Gasteiger partial charge on any atom is -0.497 e. The Bertz CT molecular complexity index is 1480. The van der Waals surface area contributed by atoms with Crippen molar-refractivity contribution in [2.24, 2.45) is 0 Å². The van der Waals surface area contributed by atoms with Crippen molar-refractivity contribution in [3.05, 3.63) is 94.4 Å². The number of rotatable bonds is 5. The molecule has 5 rings (SSSR count). The number of benzene rings is 3. The Labute approximate surface area is 201 Å². The van der Waals surface area contributed by atoms with Crippen molar-refractivity contribution < 1.29 is 19.1 Å². The highest BCUT2D eigenvalue weighted by Gasteiger charge is 2.25. The molecule has 1 aliphatic rings. The van der Waals surface area contributed by atoms with Crippen LogP contribution in [0.5, 0.6) is 5.75 Å². The maximum Gasteiger partial charge on any atom is 0.359 e. The second-order valence-corrected chi connectivity index (χ2v) is 8.17. The number of hydrogen-bond acceptors (Lipinski definition) is 6. The Morgan fingerprint density at radius 2 is 1.71 bits per heavy atom. The molecule has 1 aliphatic heterocycles. The number of carbonyl (C=O) groups excluding carboxylic acids is 2. The summed E-state index contributed by atoms with van der Waals surface area (Å²) >= 11 is 0. The van der Waals surface area contributed by atoms with Gasteiger partial charge in [-0.05, 0) is 54.8 Å². The fourth-order valence-corrected chi connectivity index (χ4v) is 4.32. The molecule has 0 fully saturated rings. The minimum atomic E-state index is -0.772. The second-order valence-electron chi connectivity index (χ2n) is 8.17. The molecular weight excluding hydrogens is 446 g/mol. The van der Waals surface area contributed by atoms with Gasteiger partial charge in [0.05, 0.1) is 18.2 Å². The summed E-state index contributed by atoms with van der Waals surface area (Å²) in [5.74, 6) is -0.368. The number of anilines is 1. The van der Waals surface area contributed by atoms with Crippen molar-refractivity contribution in [1.82, 2.24) is 9.78 Å². The molecule has 0 radical (unpaired) electrons. The maximum atomic E-state index is 13.1. The minimum absolute atomic E-state index is 0.0272. The Morgan fingerprint density at radius 1 is 0.971 bits per heavy atom. The molecule has 1 aromatic heterocycles. The predicted octanol–water partition coefficient (Wildman–Crippen LogP) is 3.53. The zero-order valence-electron chi connectivity index (χ0n) is 19.1. The number of amides is 1. The number of hydrogen-bond donors (Lipinski definition) is 0. The SMILES string of the molecule is COc1ccc2c(c1)CCCN2C(=O)COC(=O)c1nn(-c2ccccc2)c(=O)c2ccccc12. The fraction of sp³-hybridized carbons (Fsp3) is 0.185. The van der Waals surface area contributed by atoms with Gasteiger partial charge < -0.3 is 14.4 Å². The molecule has 8 nitrogen and oxygen atoms in total. The summed E-state index contributed by atoms with van der Waals surface area (Å²) in [6.45, 7) is 0.0978. The van der Waals surface area contributed by atoms with E-state index in [1.807, 2.05) is 18.2 Å². The number of para-hydroxylation sites is 1. The lowest BCUT2D eigenvalue weighted by molar-refractivity contribution is -0.121. The predicted molar refractivity (Wildman–Crippen MR) is 131 cm³/mol. The number of carbonyl (C=O) groups is 2. The van der Waals surface area contributed by atoms with Gasteiger partial charge in [0.2, 0.25) is 0 Å². The number of methoxy groups -OCH3 is 1. The highest BCUT2D eigenvalue weighted by molar-refractivity contribution is 6.03. The number of ether oxygens (including phenoxy) is 2. The number of aryl methyl sites for hydroxylation is 1. The quantitative estimate of drug-likeness (QED) is 0.416. The van der Waals surface area contributed by atoms with E-state index in [0.29, 0.717) is 23.0 Å². The molecule has 4 aromatic rings. The summed E-state index contributed by atoms with van der Waals surface area (Å²) in [5, 5.41) is 5.02. The van der Waals surface area contributed by atoms with E-state index < -0.39 is 12.6 Å². The molecule has 2 heterocycles. The van der Waals surface area contributed by atoms with Crippen LogP contribution in [-0.4, -0.2) is 41.9 Å². The number of nitrogens with zero attached hydrogens (tertiary/aromatic N) is 3. The van der Waals surface area contributed by atoms with Crippen molar-refractivity contribution in [3.8, 4) is 11.4 Å². The molecule has 0 aliphatic carbocycles. The van der Waals surface area contributed by atoms with Crippen LogP contribution in [0.1, 0.15) is 22.5 Å². The molecule has 35 heavy (non-hydrogen) atoms. The van der Waals surface area contributed by atoms with Crippen LogP contribution in [0, 0.1) is 0 Å². The lowest BCUT2D eigenvalue weighted by atomic mass is 10.0. The van der Waals surface area contributed by atoms with Gasteiger partial charge in [0, 0.05) is 17.6 Å². The van der Waals surface area contributed by atoms with Gasteiger partial charge in [-0.25, -0.2) is 4.79 Å². The van der Waals surface area contributed by atoms with Crippen LogP contribution in [0.3, 0.4) is 0 Å². The lowest BCUT2D eigenvalue weighted by Gasteiger charge is -2.29. The van der Waals surface area contributed by atoms with Crippen molar-refractivity contribution in [3.63, 3.8) is 0 Å². The molecule has 0 atom stereocenters.